The van der Waals surface area contributed by atoms with E-state index in [0.29, 0.717) is 5.54 Å². The molecule has 4 aromatic carbocycles. The van der Waals surface area contributed by atoms with Gasteiger partial charge in [0.1, 0.15) is 0 Å². The van der Waals surface area contributed by atoms with Crippen LogP contribution in [0.3, 0.4) is 0 Å². The van der Waals surface area contributed by atoms with Crippen molar-refractivity contribution in [1.29, 1.82) is 0 Å². The van der Waals surface area contributed by atoms with Crippen molar-refractivity contribution in [3.05, 3.63) is 193 Å². The van der Waals surface area contributed by atoms with Crippen LogP contribution >= 0.6 is 0 Å². The first-order valence-electron chi connectivity index (χ1n) is 15.6. The Hall–Kier alpha value is -4.92. The van der Waals surface area contributed by atoms with Crippen LogP contribution in [0.1, 0.15) is 30.4 Å². The molecule has 214 valence electrons. The lowest BCUT2D eigenvalue weighted by molar-refractivity contribution is 0.954. The predicted octanol–water partition coefficient (Wildman–Crippen LogP) is 9.71. The van der Waals surface area contributed by atoms with Gasteiger partial charge in [-0.05, 0) is 70.1 Å². The number of benzene rings is 4. The van der Waals surface area contributed by atoms with Gasteiger partial charge in [-0.1, -0.05) is 157 Å². The third-order valence-corrected chi connectivity index (χ3v) is 14.6. The fourth-order valence-corrected chi connectivity index (χ4v) is 13.1. The summed E-state index contributed by atoms with van der Waals surface area (Å²) in [5, 5.41) is 4.49. The molecule has 7 rings (SSSR count). The number of nitrogens with zero attached hydrogens (tertiary/aromatic N) is 1. The molecule has 3 aliphatic rings. The van der Waals surface area contributed by atoms with E-state index >= 15 is 0 Å². The lowest BCUT2D eigenvalue weighted by Gasteiger charge is -2.45. The van der Waals surface area contributed by atoms with Crippen LogP contribution in [0, 0.1) is 0 Å². The highest BCUT2D eigenvalue weighted by Crippen LogP contribution is 2.44. The van der Waals surface area contributed by atoms with Gasteiger partial charge in [-0.3, -0.25) is 0 Å². The van der Waals surface area contributed by atoms with Gasteiger partial charge in [0.25, 0.3) is 0 Å². The molecule has 0 amide bonds. The third kappa shape index (κ3) is 5.02. The summed E-state index contributed by atoms with van der Waals surface area (Å²) < 4.78 is 0. The lowest BCUT2D eigenvalue weighted by atomic mass is 9.99. The van der Waals surface area contributed by atoms with E-state index in [0.717, 1.165) is 30.5 Å². The molecule has 0 N–H and O–H groups in total. The fourth-order valence-electron chi connectivity index (χ4n) is 7.26. The van der Waals surface area contributed by atoms with E-state index in [1.807, 2.05) is 0 Å². The average molecular weight is 584 g/mol. The van der Waals surface area contributed by atoms with Gasteiger partial charge >= 0.3 is 0 Å². The second kappa shape index (κ2) is 12.4. The summed E-state index contributed by atoms with van der Waals surface area (Å²) in [5.74, 6) is 0. The molecule has 0 radical (unpaired) electrons. The van der Waals surface area contributed by atoms with Crippen molar-refractivity contribution in [3.63, 3.8) is 0 Å². The molecule has 1 heterocycles. The average Bonchev–Trinajstić information content (AvgIpc) is 3.10. The molecule has 0 spiro atoms. The Labute approximate surface area is 262 Å². The molecule has 4 aromatic rings. The highest BCUT2D eigenvalue weighted by Gasteiger charge is 2.49. The Morgan fingerprint density at radius 1 is 0.705 bits per heavy atom. The predicted molar refractivity (Wildman–Crippen MR) is 192 cm³/mol. The molecule has 2 heteroatoms. The third-order valence-electron chi connectivity index (χ3n) is 9.21. The first-order valence-corrected chi connectivity index (χ1v) is 17.7. The van der Waals surface area contributed by atoms with Crippen LogP contribution in [0.15, 0.2) is 182 Å². The molecule has 44 heavy (non-hydrogen) atoms. The van der Waals surface area contributed by atoms with Gasteiger partial charge in [-0.2, -0.15) is 0 Å². The maximum atomic E-state index is 4.58. The highest BCUT2D eigenvalue weighted by molar-refractivity contribution is 7.09. The monoisotopic (exact) mass is 583 g/mol. The molecular formula is C42H37NSi. The molecule has 1 nitrogen and oxygen atoms in total. The smallest absolute Gasteiger partial charge is 0.154 e. The SMILES string of the molecule is C=C1/C=C\C=C/N(c2ccccc2)c2c1cccc2[Si](C1=CC=CCC1)(c1ccccc1)C1C=C(c2ccccc2)C=CC1. The zero-order valence-corrected chi connectivity index (χ0v) is 26.0. The summed E-state index contributed by atoms with van der Waals surface area (Å²) in [4.78, 5) is 2.41. The largest absolute Gasteiger partial charge is 0.317 e. The summed E-state index contributed by atoms with van der Waals surface area (Å²) in [6.07, 6.45) is 26.2. The number of allylic oxidation sites excluding steroid dienone is 12. The molecule has 0 saturated heterocycles. The van der Waals surface area contributed by atoms with Gasteiger partial charge in [-0.15, -0.1) is 0 Å². The molecule has 2 aliphatic carbocycles. The summed E-state index contributed by atoms with van der Waals surface area (Å²) in [6.45, 7) is 4.58. The normalized spacial score (nSPS) is 20.4. The van der Waals surface area contributed by atoms with Crippen LogP contribution in [-0.4, -0.2) is 8.07 Å². The Morgan fingerprint density at radius 2 is 1.45 bits per heavy atom. The quantitative estimate of drug-likeness (QED) is 0.204. The van der Waals surface area contributed by atoms with E-state index in [1.54, 1.807) is 5.20 Å². The minimum absolute atomic E-state index is 0.324. The van der Waals surface area contributed by atoms with Crippen molar-refractivity contribution in [2.24, 2.45) is 0 Å². The van der Waals surface area contributed by atoms with Crippen LogP contribution < -0.4 is 15.3 Å². The highest BCUT2D eigenvalue weighted by atomic mass is 28.3. The van der Waals surface area contributed by atoms with E-state index < -0.39 is 8.07 Å². The second-order valence-corrected chi connectivity index (χ2v) is 15.8. The molecule has 0 aromatic heterocycles. The van der Waals surface area contributed by atoms with E-state index in [9.17, 15) is 0 Å². The van der Waals surface area contributed by atoms with Gasteiger partial charge in [0.05, 0.1) is 5.69 Å². The first-order chi connectivity index (χ1) is 21.8. The molecule has 0 saturated carbocycles. The number of hydrogen-bond donors (Lipinski definition) is 0. The minimum atomic E-state index is -2.70. The lowest BCUT2D eigenvalue weighted by Crippen LogP contribution is -2.64. The van der Waals surface area contributed by atoms with Gasteiger partial charge in [0.2, 0.25) is 0 Å². The number of para-hydroxylation sites is 2. The van der Waals surface area contributed by atoms with Crippen molar-refractivity contribution < 1.29 is 0 Å². The molecule has 1 aliphatic heterocycles. The van der Waals surface area contributed by atoms with Gasteiger partial charge < -0.3 is 4.90 Å². The van der Waals surface area contributed by atoms with Crippen LogP contribution in [0.25, 0.3) is 11.1 Å². The summed E-state index contributed by atoms with van der Waals surface area (Å²) in [6, 6.07) is 40.1. The van der Waals surface area contributed by atoms with Crippen molar-refractivity contribution >= 4 is 41.0 Å². The van der Waals surface area contributed by atoms with Crippen LogP contribution in [0.4, 0.5) is 11.4 Å². The summed E-state index contributed by atoms with van der Waals surface area (Å²) in [7, 11) is -2.70. The van der Waals surface area contributed by atoms with Crippen LogP contribution in [-0.2, 0) is 0 Å². The Balaban J connectivity index is 1.58. The molecule has 2 atom stereocenters. The van der Waals surface area contributed by atoms with Crippen molar-refractivity contribution in [3.8, 4) is 0 Å². The van der Waals surface area contributed by atoms with Crippen LogP contribution in [0.5, 0.6) is 0 Å². The van der Waals surface area contributed by atoms with E-state index in [2.05, 4.69) is 182 Å². The standard InChI is InChI=1S/C42H37NSi/c1-33-18-14-15-31-43(36-22-8-3-9-23-36)42-40(33)29-17-30-41(42)44(37-24-10-4-11-25-37,38-26-12-5-13-27-38)39-28-16-21-35(32-39)34-19-6-2-7-20-34/h2-12,14-26,29-32,39H,1,13,27-28H2/b18-14-,31-15-. The zero-order chi connectivity index (χ0) is 29.8. The molecule has 0 bridgehead atoms. The fraction of sp³-hybridized carbons (Fsp3) is 0.0952. The Bertz CT molecular complexity index is 1840. The van der Waals surface area contributed by atoms with Crippen LogP contribution in [0.2, 0.25) is 5.54 Å². The second-order valence-electron chi connectivity index (χ2n) is 11.7. The van der Waals surface area contributed by atoms with Gasteiger partial charge in [0.15, 0.2) is 8.07 Å². The number of hydrogen-bond acceptors (Lipinski definition) is 1. The molecular weight excluding hydrogens is 547 g/mol. The van der Waals surface area contributed by atoms with E-state index in [-0.39, 0.29) is 0 Å². The van der Waals surface area contributed by atoms with E-state index in [4.69, 9.17) is 0 Å². The molecule has 2 unspecified atom stereocenters. The Kier molecular flexibility index (Phi) is 7.83. The van der Waals surface area contributed by atoms with E-state index in [1.165, 1.54) is 32.8 Å². The summed E-state index contributed by atoms with van der Waals surface area (Å²) >= 11 is 0. The zero-order valence-electron chi connectivity index (χ0n) is 25.0. The number of fused-ring (bicyclic) bond motifs is 1. The first kappa shape index (κ1) is 27.9. The maximum absolute atomic E-state index is 4.58. The number of anilines is 2. The van der Waals surface area contributed by atoms with Gasteiger partial charge in [-0.25, -0.2) is 0 Å². The minimum Gasteiger partial charge on any atom is -0.317 e. The number of rotatable bonds is 6. The van der Waals surface area contributed by atoms with Crippen molar-refractivity contribution in [2.75, 3.05) is 4.90 Å². The van der Waals surface area contributed by atoms with Crippen molar-refractivity contribution in [2.45, 2.75) is 24.8 Å². The molecule has 0 fully saturated rings. The maximum Gasteiger partial charge on any atom is 0.154 e. The Morgan fingerprint density at radius 3 is 2.20 bits per heavy atom. The van der Waals surface area contributed by atoms with Gasteiger partial charge in [0, 0.05) is 17.5 Å². The topological polar surface area (TPSA) is 3.24 Å². The summed E-state index contributed by atoms with van der Waals surface area (Å²) in [5.41, 5.74) is 7.53. The van der Waals surface area contributed by atoms with Crippen molar-refractivity contribution in [1.82, 2.24) is 0 Å².